The quantitative estimate of drug-likeness (QED) is 0.350. The molecule has 0 aliphatic carbocycles. The van der Waals surface area contributed by atoms with Gasteiger partial charge >= 0.3 is 0 Å². The lowest BCUT2D eigenvalue weighted by Crippen LogP contribution is -2.04. The van der Waals surface area contributed by atoms with E-state index in [1.165, 1.54) is 44.6 Å². The Balaban J connectivity index is 1.73. The van der Waals surface area contributed by atoms with Crippen molar-refractivity contribution in [2.45, 2.75) is 18.7 Å². The molecular weight excluding hydrogens is 358 g/mol. The molecule has 0 spiro atoms. The predicted octanol–water partition coefficient (Wildman–Crippen LogP) is 6.65. The molecular formula is C26H23NS. The molecule has 4 aromatic rings. The van der Waals surface area contributed by atoms with Gasteiger partial charge < -0.3 is 4.57 Å². The van der Waals surface area contributed by atoms with Crippen LogP contribution in [0.25, 0.3) is 22.6 Å². The molecule has 2 heteroatoms. The summed E-state index contributed by atoms with van der Waals surface area (Å²) in [6.45, 7) is 3.38. The largest absolute Gasteiger partial charge is 0.343 e. The zero-order valence-corrected chi connectivity index (χ0v) is 16.8. The summed E-state index contributed by atoms with van der Waals surface area (Å²) in [6, 6.07) is 30.3. The molecule has 1 unspecified atom stereocenters. The lowest BCUT2D eigenvalue weighted by Gasteiger charge is -2.10. The molecule has 0 bridgehead atoms. The maximum atomic E-state index is 2.51. The SMILES string of the molecule is Cc1c(C=C(c2ccccc2)c2ccccc2)c2ccccc2n1CC1CS1. The van der Waals surface area contributed by atoms with Crippen molar-refractivity contribution in [3.8, 4) is 0 Å². The number of hydrogen-bond acceptors (Lipinski definition) is 1. The van der Waals surface area contributed by atoms with Crippen LogP contribution in [0.15, 0.2) is 84.9 Å². The second-order valence-corrected chi connectivity index (χ2v) is 8.71. The highest BCUT2D eigenvalue weighted by molar-refractivity contribution is 8.06. The highest BCUT2D eigenvalue weighted by atomic mass is 32.2. The van der Waals surface area contributed by atoms with Crippen molar-refractivity contribution in [1.82, 2.24) is 4.57 Å². The Hall–Kier alpha value is -2.71. The van der Waals surface area contributed by atoms with Crippen LogP contribution in [0.4, 0.5) is 0 Å². The van der Waals surface area contributed by atoms with Gasteiger partial charge in [0.2, 0.25) is 0 Å². The summed E-state index contributed by atoms with van der Waals surface area (Å²) in [5.41, 5.74) is 7.82. The van der Waals surface area contributed by atoms with E-state index in [9.17, 15) is 0 Å². The van der Waals surface area contributed by atoms with E-state index in [1.54, 1.807) is 0 Å². The minimum absolute atomic E-state index is 0.772. The van der Waals surface area contributed by atoms with E-state index >= 15 is 0 Å². The highest BCUT2D eigenvalue weighted by Gasteiger charge is 2.25. The zero-order valence-electron chi connectivity index (χ0n) is 16.0. The van der Waals surface area contributed by atoms with Crippen LogP contribution in [0.1, 0.15) is 22.4 Å². The van der Waals surface area contributed by atoms with Crippen molar-refractivity contribution in [1.29, 1.82) is 0 Å². The Morgan fingerprint density at radius 1 is 0.893 bits per heavy atom. The van der Waals surface area contributed by atoms with Crippen molar-refractivity contribution in [2.75, 3.05) is 5.75 Å². The first kappa shape index (κ1) is 17.4. The molecule has 1 saturated heterocycles. The first-order valence-corrected chi connectivity index (χ1v) is 10.9. The number of para-hydroxylation sites is 1. The number of nitrogens with zero attached hydrogens (tertiary/aromatic N) is 1. The third kappa shape index (κ3) is 3.29. The topological polar surface area (TPSA) is 4.93 Å². The number of hydrogen-bond donors (Lipinski definition) is 0. The monoisotopic (exact) mass is 381 g/mol. The van der Waals surface area contributed by atoms with E-state index in [1.807, 2.05) is 0 Å². The molecule has 28 heavy (non-hydrogen) atoms. The summed E-state index contributed by atoms with van der Waals surface area (Å²) in [4.78, 5) is 0. The van der Waals surface area contributed by atoms with Gasteiger partial charge in [0.1, 0.15) is 0 Å². The number of fused-ring (bicyclic) bond motifs is 1. The predicted molar refractivity (Wildman–Crippen MR) is 123 cm³/mol. The minimum Gasteiger partial charge on any atom is -0.343 e. The van der Waals surface area contributed by atoms with Gasteiger partial charge in [-0.25, -0.2) is 0 Å². The van der Waals surface area contributed by atoms with Crippen molar-refractivity contribution in [2.24, 2.45) is 0 Å². The van der Waals surface area contributed by atoms with Crippen molar-refractivity contribution >= 4 is 34.3 Å². The van der Waals surface area contributed by atoms with Gasteiger partial charge in [0, 0.05) is 39.7 Å². The Labute approximate surface area is 170 Å². The van der Waals surface area contributed by atoms with Crippen LogP contribution >= 0.6 is 11.8 Å². The van der Waals surface area contributed by atoms with Crippen LogP contribution in [0.5, 0.6) is 0 Å². The molecule has 1 nitrogen and oxygen atoms in total. The molecule has 1 fully saturated rings. The van der Waals surface area contributed by atoms with Crippen molar-refractivity contribution < 1.29 is 0 Å². The summed E-state index contributed by atoms with van der Waals surface area (Å²) in [7, 11) is 0. The smallest absolute Gasteiger partial charge is 0.0489 e. The third-order valence-electron chi connectivity index (χ3n) is 5.53. The number of benzene rings is 3. The fourth-order valence-electron chi connectivity index (χ4n) is 3.97. The zero-order chi connectivity index (χ0) is 18.9. The lowest BCUT2D eigenvalue weighted by molar-refractivity contribution is 0.729. The molecule has 138 valence electrons. The molecule has 1 aromatic heterocycles. The van der Waals surface area contributed by atoms with Crippen LogP contribution in [0.3, 0.4) is 0 Å². The minimum atomic E-state index is 0.772. The molecule has 2 heterocycles. The van der Waals surface area contributed by atoms with E-state index in [0.717, 1.165) is 11.8 Å². The van der Waals surface area contributed by atoms with Crippen LogP contribution < -0.4 is 0 Å². The van der Waals surface area contributed by atoms with Gasteiger partial charge in [-0.3, -0.25) is 0 Å². The van der Waals surface area contributed by atoms with Crippen LogP contribution in [-0.2, 0) is 6.54 Å². The van der Waals surface area contributed by atoms with E-state index in [4.69, 9.17) is 0 Å². The Morgan fingerprint density at radius 2 is 1.46 bits per heavy atom. The fourth-order valence-corrected chi connectivity index (χ4v) is 4.46. The number of aromatic nitrogens is 1. The van der Waals surface area contributed by atoms with E-state index < -0.39 is 0 Å². The van der Waals surface area contributed by atoms with Gasteiger partial charge in [-0.05, 0) is 35.8 Å². The van der Waals surface area contributed by atoms with Gasteiger partial charge in [0.25, 0.3) is 0 Å². The molecule has 0 radical (unpaired) electrons. The Bertz CT molecular complexity index is 1090. The molecule has 0 N–H and O–H groups in total. The Morgan fingerprint density at radius 3 is 2.07 bits per heavy atom. The standard InChI is InChI=1S/C26H23NS/c1-19-24(23-14-8-9-15-26(23)27(19)17-22-18-28-22)16-25(20-10-4-2-5-11-20)21-12-6-3-7-13-21/h2-16,22H,17-18H2,1H3. The van der Waals surface area contributed by atoms with Gasteiger partial charge in [0.15, 0.2) is 0 Å². The maximum Gasteiger partial charge on any atom is 0.0489 e. The lowest BCUT2D eigenvalue weighted by atomic mass is 9.95. The molecule has 3 aromatic carbocycles. The van der Waals surface area contributed by atoms with E-state index in [0.29, 0.717) is 0 Å². The van der Waals surface area contributed by atoms with Gasteiger partial charge in [-0.2, -0.15) is 11.8 Å². The first-order valence-electron chi connectivity index (χ1n) is 9.83. The first-order chi connectivity index (χ1) is 13.8. The Kier molecular flexibility index (Phi) is 4.58. The highest BCUT2D eigenvalue weighted by Crippen LogP contribution is 2.36. The summed E-state index contributed by atoms with van der Waals surface area (Å²) in [5, 5.41) is 2.11. The molecule has 5 rings (SSSR count). The van der Waals surface area contributed by atoms with Crippen LogP contribution in [0.2, 0.25) is 0 Å². The van der Waals surface area contributed by atoms with Gasteiger partial charge in [0.05, 0.1) is 0 Å². The van der Waals surface area contributed by atoms with Crippen molar-refractivity contribution in [3.63, 3.8) is 0 Å². The molecule has 1 atom stereocenters. The number of thioether (sulfide) groups is 1. The van der Waals surface area contributed by atoms with Gasteiger partial charge in [-0.15, -0.1) is 0 Å². The summed E-state index contributed by atoms with van der Waals surface area (Å²) < 4.78 is 2.51. The average molecular weight is 382 g/mol. The summed E-state index contributed by atoms with van der Waals surface area (Å²) in [6.07, 6.45) is 2.39. The molecule has 0 saturated carbocycles. The molecule has 0 amide bonds. The summed E-state index contributed by atoms with van der Waals surface area (Å²) in [5.74, 6) is 1.29. The second kappa shape index (κ2) is 7.37. The normalized spacial score (nSPS) is 15.5. The molecule has 1 aliphatic heterocycles. The fraction of sp³-hybridized carbons (Fsp3) is 0.154. The number of rotatable bonds is 5. The third-order valence-corrected chi connectivity index (χ3v) is 6.48. The van der Waals surface area contributed by atoms with Crippen LogP contribution in [-0.4, -0.2) is 15.6 Å². The molecule has 1 aliphatic rings. The average Bonchev–Trinajstić information content (AvgIpc) is 3.54. The van der Waals surface area contributed by atoms with Crippen LogP contribution in [0, 0.1) is 6.92 Å². The van der Waals surface area contributed by atoms with Crippen molar-refractivity contribution in [3.05, 3.63) is 107 Å². The second-order valence-electron chi connectivity index (χ2n) is 7.37. The van der Waals surface area contributed by atoms with Gasteiger partial charge in [-0.1, -0.05) is 78.9 Å². The maximum absolute atomic E-state index is 2.51. The van der Waals surface area contributed by atoms with E-state index in [2.05, 4.69) is 114 Å². The summed E-state index contributed by atoms with van der Waals surface area (Å²) >= 11 is 2.06. The van der Waals surface area contributed by atoms with E-state index in [-0.39, 0.29) is 0 Å².